The van der Waals surface area contributed by atoms with Crippen molar-refractivity contribution in [2.45, 2.75) is 39.7 Å². The molecule has 0 saturated carbocycles. The van der Waals surface area contributed by atoms with E-state index in [1.165, 1.54) is 0 Å². The average Bonchev–Trinajstić information content (AvgIpc) is 2.14. The molecule has 0 aliphatic rings. The molecule has 0 bridgehead atoms. The van der Waals surface area contributed by atoms with Gasteiger partial charge in [0, 0.05) is 6.42 Å². The van der Waals surface area contributed by atoms with Crippen molar-refractivity contribution < 1.29 is 9.84 Å². The van der Waals surface area contributed by atoms with Gasteiger partial charge in [-0.15, -0.1) is 0 Å². The molecule has 0 radical (unpaired) electrons. The van der Waals surface area contributed by atoms with Gasteiger partial charge >= 0.3 is 0 Å². The number of hydrogen-bond donors (Lipinski definition) is 1. The minimum Gasteiger partial charge on any atom is -0.494 e. The van der Waals surface area contributed by atoms with Gasteiger partial charge in [0.15, 0.2) is 0 Å². The Kier molecular flexibility index (Phi) is 7.74. The van der Waals surface area contributed by atoms with Crippen molar-refractivity contribution in [3.63, 3.8) is 0 Å². The van der Waals surface area contributed by atoms with Gasteiger partial charge in [-0.2, -0.15) is 0 Å². The highest BCUT2D eigenvalue weighted by Gasteiger charge is 1.96. The third kappa shape index (κ3) is 9.29. The van der Waals surface area contributed by atoms with Gasteiger partial charge in [0.1, 0.15) is 5.76 Å². The summed E-state index contributed by atoms with van der Waals surface area (Å²) in [7, 11) is 0. The lowest BCUT2D eigenvalue weighted by Gasteiger charge is -2.07. The molecule has 2 heteroatoms. The van der Waals surface area contributed by atoms with Crippen LogP contribution in [0.2, 0.25) is 0 Å². The molecule has 0 fully saturated rings. The van der Waals surface area contributed by atoms with Crippen LogP contribution in [0.15, 0.2) is 36.1 Å². The minimum absolute atomic E-state index is 0.303. The SMILES string of the molecule is C=C(C)CC=C/C(=C\C)OCCC(C)O. The highest BCUT2D eigenvalue weighted by Crippen LogP contribution is 2.04. The molecule has 0 heterocycles. The maximum absolute atomic E-state index is 9.06. The molecule has 0 aliphatic heterocycles. The van der Waals surface area contributed by atoms with Gasteiger partial charge < -0.3 is 9.84 Å². The Balaban J connectivity index is 3.84. The molecule has 1 N–H and O–H groups in total. The van der Waals surface area contributed by atoms with E-state index in [9.17, 15) is 0 Å². The Morgan fingerprint density at radius 2 is 2.20 bits per heavy atom. The van der Waals surface area contributed by atoms with Crippen molar-refractivity contribution in [3.8, 4) is 0 Å². The maximum Gasteiger partial charge on any atom is 0.114 e. The molecule has 1 unspecified atom stereocenters. The summed E-state index contributed by atoms with van der Waals surface area (Å²) < 4.78 is 5.47. The van der Waals surface area contributed by atoms with E-state index in [1.54, 1.807) is 6.92 Å². The van der Waals surface area contributed by atoms with Crippen LogP contribution in [-0.4, -0.2) is 17.8 Å². The second kappa shape index (κ2) is 8.30. The van der Waals surface area contributed by atoms with Gasteiger partial charge in [0.25, 0.3) is 0 Å². The summed E-state index contributed by atoms with van der Waals surface area (Å²) in [6.45, 7) is 10.1. The third-order valence-corrected chi connectivity index (χ3v) is 1.84. The lowest BCUT2D eigenvalue weighted by Crippen LogP contribution is -2.04. The Morgan fingerprint density at radius 1 is 1.53 bits per heavy atom. The summed E-state index contributed by atoms with van der Waals surface area (Å²) in [6.07, 6.45) is 7.11. The minimum atomic E-state index is -0.303. The van der Waals surface area contributed by atoms with Crippen molar-refractivity contribution >= 4 is 0 Å². The number of allylic oxidation sites excluding steroid dienone is 4. The zero-order valence-electron chi connectivity index (χ0n) is 9.99. The number of aliphatic hydroxyl groups excluding tert-OH is 1. The van der Waals surface area contributed by atoms with Crippen LogP contribution in [0.1, 0.15) is 33.6 Å². The topological polar surface area (TPSA) is 29.5 Å². The molecule has 0 aromatic rings. The Hall–Kier alpha value is -1.02. The second-order valence-corrected chi connectivity index (χ2v) is 3.74. The highest BCUT2D eigenvalue weighted by molar-refractivity contribution is 5.13. The normalized spacial score (nSPS) is 14.3. The smallest absolute Gasteiger partial charge is 0.114 e. The van der Waals surface area contributed by atoms with Crippen LogP contribution in [0.3, 0.4) is 0 Å². The molecule has 15 heavy (non-hydrogen) atoms. The van der Waals surface area contributed by atoms with Crippen LogP contribution in [0.5, 0.6) is 0 Å². The summed E-state index contributed by atoms with van der Waals surface area (Å²) in [5.74, 6) is 0.844. The van der Waals surface area contributed by atoms with Crippen LogP contribution >= 0.6 is 0 Å². The fourth-order valence-corrected chi connectivity index (χ4v) is 0.951. The summed E-state index contributed by atoms with van der Waals surface area (Å²) in [5.41, 5.74) is 1.13. The first-order valence-electron chi connectivity index (χ1n) is 5.34. The molecule has 0 aliphatic carbocycles. The maximum atomic E-state index is 9.06. The van der Waals surface area contributed by atoms with Crippen LogP contribution in [0, 0.1) is 0 Å². The molecule has 2 nitrogen and oxygen atoms in total. The monoisotopic (exact) mass is 210 g/mol. The van der Waals surface area contributed by atoms with Gasteiger partial charge in [-0.1, -0.05) is 18.2 Å². The van der Waals surface area contributed by atoms with E-state index in [4.69, 9.17) is 9.84 Å². The zero-order valence-corrected chi connectivity index (χ0v) is 9.99. The summed E-state index contributed by atoms with van der Waals surface area (Å²) in [6, 6.07) is 0. The highest BCUT2D eigenvalue weighted by atomic mass is 16.5. The van der Waals surface area contributed by atoms with E-state index in [2.05, 4.69) is 6.58 Å². The van der Waals surface area contributed by atoms with Crippen molar-refractivity contribution in [1.29, 1.82) is 0 Å². The summed E-state index contributed by atoms with van der Waals surface area (Å²) in [4.78, 5) is 0. The lowest BCUT2D eigenvalue weighted by atomic mass is 10.2. The number of rotatable bonds is 7. The van der Waals surface area contributed by atoms with E-state index >= 15 is 0 Å². The first-order chi connectivity index (χ1) is 7.06. The van der Waals surface area contributed by atoms with Crippen LogP contribution in [0.4, 0.5) is 0 Å². The van der Waals surface area contributed by atoms with Crippen molar-refractivity contribution in [3.05, 3.63) is 36.1 Å². The quantitative estimate of drug-likeness (QED) is 0.397. The van der Waals surface area contributed by atoms with Crippen molar-refractivity contribution in [1.82, 2.24) is 0 Å². The van der Waals surface area contributed by atoms with Crippen LogP contribution < -0.4 is 0 Å². The number of hydrogen-bond acceptors (Lipinski definition) is 2. The molecule has 0 aromatic heterocycles. The molecule has 0 rings (SSSR count). The van der Waals surface area contributed by atoms with Gasteiger partial charge in [0.05, 0.1) is 12.7 Å². The standard InChI is InChI=1S/C13H22O2/c1-5-13(8-6-7-11(2)3)15-10-9-12(4)14/h5-6,8,12,14H,2,7,9-10H2,1,3-4H3/b8-6?,13-5+. The van der Waals surface area contributed by atoms with E-state index < -0.39 is 0 Å². The predicted molar refractivity (Wildman–Crippen MR) is 64.6 cm³/mol. The van der Waals surface area contributed by atoms with Gasteiger partial charge in [-0.3, -0.25) is 0 Å². The summed E-state index contributed by atoms with van der Waals surface area (Å²) in [5, 5.41) is 9.06. The zero-order chi connectivity index (χ0) is 11.7. The molecular formula is C13H22O2. The second-order valence-electron chi connectivity index (χ2n) is 3.74. The van der Waals surface area contributed by atoms with E-state index in [0.29, 0.717) is 13.0 Å². The number of aliphatic hydroxyl groups is 1. The Morgan fingerprint density at radius 3 is 2.67 bits per heavy atom. The molecule has 1 atom stereocenters. The number of ether oxygens (including phenoxy) is 1. The third-order valence-electron chi connectivity index (χ3n) is 1.84. The average molecular weight is 210 g/mol. The fourth-order valence-electron chi connectivity index (χ4n) is 0.951. The van der Waals surface area contributed by atoms with E-state index in [1.807, 2.05) is 32.1 Å². The fraction of sp³-hybridized carbons (Fsp3) is 0.538. The van der Waals surface area contributed by atoms with Crippen molar-refractivity contribution in [2.24, 2.45) is 0 Å². The van der Waals surface area contributed by atoms with Gasteiger partial charge in [0.2, 0.25) is 0 Å². The van der Waals surface area contributed by atoms with Crippen molar-refractivity contribution in [2.75, 3.05) is 6.61 Å². The predicted octanol–water partition coefficient (Wildman–Crippen LogP) is 3.20. The Bertz CT molecular complexity index is 237. The molecule has 0 spiro atoms. The van der Waals surface area contributed by atoms with Gasteiger partial charge in [-0.25, -0.2) is 0 Å². The molecule has 0 amide bonds. The molecule has 0 aromatic carbocycles. The van der Waals surface area contributed by atoms with E-state index in [0.717, 1.165) is 17.8 Å². The molecule has 0 saturated heterocycles. The molecular weight excluding hydrogens is 188 g/mol. The lowest BCUT2D eigenvalue weighted by molar-refractivity contribution is 0.131. The first-order valence-corrected chi connectivity index (χ1v) is 5.34. The van der Waals surface area contributed by atoms with Crippen LogP contribution in [0.25, 0.3) is 0 Å². The Labute approximate surface area is 93.0 Å². The summed E-state index contributed by atoms with van der Waals surface area (Å²) >= 11 is 0. The van der Waals surface area contributed by atoms with Gasteiger partial charge in [-0.05, 0) is 39.3 Å². The van der Waals surface area contributed by atoms with E-state index in [-0.39, 0.29) is 6.10 Å². The largest absolute Gasteiger partial charge is 0.494 e. The molecule has 86 valence electrons. The van der Waals surface area contributed by atoms with Crippen LogP contribution in [-0.2, 0) is 4.74 Å². The first kappa shape index (κ1) is 14.0.